The number of benzene rings is 1. The molecule has 0 bridgehead atoms. The second-order valence-electron chi connectivity index (χ2n) is 3.67. The van der Waals surface area contributed by atoms with E-state index >= 15 is 0 Å². The predicted octanol–water partition coefficient (Wildman–Crippen LogP) is 2.79. The van der Waals surface area contributed by atoms with Crippen LogP contribution < -0.4 is 0 Å². The van der Waals surface area contributed by atoms with Crippen LogP contribution >= 0.6 is 0 Å². The fourth-order valence-corrected chi connectivity index (χ4v) is 1.24. The van der Waals surface area contributed by atoms with Crippen molar-refractivity contribution in [2.24, 2.45) is 0 Å². The number of carbonyl (C=O) groups is 2. The molecule has 0 amide bonds. The van der Waals surface area contributed by atoms with Crippen LogP contribution in [0.1, 0.15) is 40.0 Å². The number of ketones is 2. The Morgan fingerprint density at radius 3 is 1.47 bits per heavy atom. The lowest BCUT2D eigenvalue weighted by Gasteiger charge is -2.06. The fraction of sp³-hybridized carbons (Fsp3) is 0.231. The molecule has 15 heavy (non-hydrogen) atoms. The Morgan fingerprint density at radius 1 is 0.733 bits per heavy atom. The van der Waals surface area contributed by atoms with Crippen molar-refractivity contribution in [3.05, 3.63) is 47.5 Å². The van der Waals surface area contributed by atoms with Crippen LogP contribution in [0, 0.1) is 0 Å². The van der Waals surface area contributed by atoms with Crippen LogP contribution in [0.4, 0.5) is 0 Å². The van der Waals surface area contributed by atoms with Crippen molar-refractivity contribution >= 4 is 11.6 Å². The first-order valence-electron chi connectivity index (χ1n) is 5.15. The quantitative estimate of drug-likeness (QED) is 0.645. The second kappa shape index (κ2) is 4.22. The van der Waals surface area contributed by atoms with E-state index in [4.69, 9.17) is 0 Å². The molecule has 0 atom stereocenters. The lowest BCUT2D eigenvalue weighted by atomic mass is 9.95. The van der Waals surface area contributed by atoms with Gasteiger partial charge in [-0.15, -0.1) is 0 Å². The van der Waals surface area contributed by atoms with Crippen LogP contribution in [-0.2, 0) is 0 Å². The van der Waals surface area contributed by atoms with Gasteiger partial charge in [0.2, 0.25) is 0 Å². The van der Waals surface area contributed by atoms with E-state index in [2.05, 4.69) is 0 Å². The molecule has 0 saturated heterocycles. The molecule has 3 rings (SSSR count). The molecule has 1 fully saturated rings. The van der Waals surface area contributed by atoms with Crippen LogP contribution in [0.25, 0.3) is 0 Å². The Hall–Kier alpha value is -1.70. The third-order valence-corrected chi connectivity index (χ3v) is 2.20. The van der Waals surface area contributed by atoms with Gasteiger partial charge in [0.15, 0.2) is 11.6 Å². The first-order chi connectivity index (χ1) is 7.29. The zero-order chi connectivity index (χ0) is 10.7. The molecule has 2 nitrogen and oxygen atoms in total. The van der Waals surface area contributed by atoms with Crippen molar-refractivity contribution in [2.45, 2.75) is 19.3 Å². The summed E-state index contributed by atoms with van der Waals surface area (Å²) >= 11 is 0. The van der Waals surface area contributed by atoms with Crippen molar-refractivity contribution < 1.29 is 9.59 Å². The highest BCUT2D eigenvalue weighted by atomic mass is 16.1. The van der Waals surface area contributed by atoms with Gasteiger partial charge in [-0.2, -0.15) is 0 Å². The van der Waals surface area contributed by atoms with Gasteiger partial charge in [0.05, 0.1) is 0 Å². The molecule has 2 heteroatoms. The molecule has 0 spiro atoms. The number of carbonyl (C=O) groups excluding carboxylic acids is 2. The maximum absolute atomic E-state index is 11.2. The molecule has 2 aliphatic rings. The van der Waals surface area contributed by atoms with Gasteiger partial charge in [-0.05, 0) is 12.2 Å². The summed E-state index contributed by atoms with van der Waals surface area (Å²) in [6, 6.07) is 6.84. The van der Waals surface area contributed by atoms with E-state index in [0.717, 1.165) is 0 Å². The summed E-state index contributed by atoms with van der Waals surface area (Å²) in [6.07, 6.45) is 7.12. The van der Waals surface area contributed by atoms with Crippen LogP contribution in [0.3, 0.4) is 0 Å². The number of rotatable bonds is 0. The van der Waals surface area contributed by atoms with Gasteiger partial charge in [0, 0.05) is 11.1 Å². The van der Waals surface area contributed by atoms with E-state index in [-0.39, 0.29) is 11.6 Å². The molecule has 0 heterocycles. The normalized spacial score (nSPS) is 16.5. The monoisotopic (exact) mass is 200 g/mol. The van der Waals surface area contributed by atoms with Crippen LogP contribution in [0.5, 0.6) is 0 Å². The zero-order valence-electron chi connectivity index (χ0n) is 8.40. The fourth-order valence-electron chi connectivity index (χ4n) is 1.24. The number of allylic oxidation sites excluding steroid dienone is 2. The Balaban J connectivity index is 0.000000244. The summed E-state index contributed by atoms with van der Waals surface area (Å²) in [6.45, 7) is 0. The summed E-state index contributed by atoms with van der Waals surface area (Å²) in [5.41, 5.74) is 1.01. The standard InChI is InChI=1S/C10H6O2.C3H6/c11-9-5-6-10(12)8-4-2-1-3-7(8)9;1-2-3-1/h1-6H;1-3H2. The Bertz CT molecular complexity index is 388. The number of hydrogen-bond acceptors (Lipinski definition) is 2. The summed E-state index contributed by atoms with van der Waals surface area (Å²) in [7, 11) is 0. The van der Waals surface area contributed by atoms with Crippen molar-refractivity contribution in [2.75, 3.05) is 0 Å². The topological polar surface area (TPSA) is 34.1 Å². The van der Waals surface area contributed by atoms with Gasteiger partial charge >= 0.3 is 0 Å². The minimum Gasteiger partial charge on any atom is -0.289 e. The summed E-state index contributed by atoms with van der Waals surface area (Å²) in [5.74, 6) is -0.185. The Kier molecular flexibility index (Phi) is 2.77. The Morgan fingerprint density at radius 2 is 1.13 bits per heavy atom. The van der Waals surface area contributed by atoms with E-state index < -0.39 is 0 Å². The second-order valence-corrected chi connectivity index (χ2v) is 3.67. The number of fused-ring (bicyclic) bond motifs is 1. The summed E-state index contributed by atoms with van der Waals surface area (Å²) in [4.78, 5) is 22.4. The molecule has 0 aromatic heterocycles. The third-order valence-electron chi connectivity index (χ3n) is 2.20. The maximum Gasteiger partial charge on any atom is 0.186 e. The van der Waals surface area contributed by atoms with E-state index in [1.165, 1.54) is 31.4 Å². The van der Waals surface area contributed by atoms with Crippen LogP contribution in [0.2, 0.25) is 0 Å². The maximum atomic E-state index is 11.2. The van der Waals surface area contributed by atoms with Gasteiger partial charge in [0.25, 0.3) is 0 Å². The molecular formula is C13H12O2. The molecule has 0 radical (unpaired) electrons. The molecule has 2 aliphatic carbocycles. The first-order valence-corrected chi connectivity index (χ1v) is 5.15. The SMILES string of the molecule is C1CC1.O=C1C=CC(=O)c2ccccc21. The molecule has 1 aromatic rings. The lowest BCUT2D eigenvalue weighted by Crippen LogP contribution is -2.10. The summed E-state index contributed by atoms with van der Waals surface area (Å²) < 4.78 is 0. The lowest BCUT2D eigenvalue weighted by molar-refractivity contribution is 0.0994. The van der Waals surface area contributed by atoms with E-state index in [1.807, 2.05) is 0 Å². The molecule has 1 aromatic carbocycles. The molecule has 0 unspecified atom stereocenters. The number of hydrogen-bond donors (Lipinski definition) is 0. The minimum absolute atomic E-state index is 0.0924. The van der Waals surface area contributed by atoms with E-state index in [0.29, 0.717) is 11.1 Å². The average molecular weight is 200 g/mol. The molecule has 0 N–H and O–H groups in total. The first kappa shape index (κ1) is 9.84. The highest BCUT2D eigenvalue weighted by Crippen LogP contribution is 2.15. The van der Waals surface area contributed by atoms with Gasteiger partial charge < -0.3 is 0 Å². The highest BCUT2D eigenvalue weighted by molar-refractivity contribution is 6.21. The van der Waals surface area contributed by atoms with E-state index in [1.54, 1.807) is 24.3 Å². The minimum atomic E-state index is -0.0924. The van der Waals surface area contributed by atoms with Gasteiger partial charge in [0.1, 0.15) is 0 Å². The van der Waals surface area contributed by atoms with Gasteiger partial charge in [-0.1, -0.05) is 43.5 Å². The van der Waals surface area contributed by atoms with Crippen molar-refractivity contribution in [3.63, 3.8) is 0 Å². The van der Waals surface area contributed by atoms with Crippen molar-refractivity contribution in [1.29, 1.82) is 0 Å². The van der Waals surface area contributed by atoms with Gasteiger partial charge in [-0.3, -0.25) is 9.59 Å². The average Bonchev–Trinajstić information content (AvgIpc) is 3.11. The van der Waals surface area contributed by atoms with Crippen LogP contribution in [0.15, 0.2) is 36.4 Å². The molecule has 0 aliphatic heterocycles. The van der Waals surface area contributed by atoms with Crippen LogP contribution in [-0.4, -0.2) is 11.6 Å². The highest BCUT2D eigenvalue weighted by Gasteiger charge is 2.16. The molecule has 76 valence electrons. The largest absolute Gasteiger partial charge is 0.289 e. The molecule has 1 saturated carbocycles. The Labute approximate surface area is 88.6 Å². The summed E-state index contributed by atoms with van der Waals surface area (Å²) in [5, 5.41) is 0. The third kappa shape index (κ3) is 2.40. The van der Waals surface area contributed by atoms with Gasteiger partial charge in [-0.25, -0.2) is 0 Å². The van der Waals surface area contributed by atoms with Crippen molar-refractivity contribution in [1.82, 2.24) is 0 Å². The zero-order valence-corrected chi connectivity index (χ0v) is 8.40. The van der Waals surface area contributed by atoms with Crippen molar-refractivity contribution in [3.8, 4) is 0 Å². The predicted molar refractivity (Wildman–Crippen MR) is 58.1 cm³/mol. The molecular weight excluding hydrogens is 188 g/mol. The smallest absolute Gasteiger partial charge is 0.186 e. The van der Waals surface area contributed by atoms with E-state index in [9.17, 15) is 9.59 Å².